The second kappa shape index (κ2) is 7.05. The third-order valence-electron chi connectivity index (χ3n) is 3.80. The topological polar surface area (TPSA) is 51.0 Å². The van der Waals surface area contributed by atoms with E-state index in [2.05, 4.69) is 55.3 Å². The lowest BCUT2D eigenvalue weighted by atomic mass is 9.82. The Kier molecular flexibility index (Phi) is 5.93. The van der Waals surface area contributed by atoms with Crippen LogP contribution in [0.5, 0.6) is 0 Å². The van der Waals surface area contributed by atoms with Crippen LogP contribution in [0, 0.1) is 6.92 Å². The zero-order valence-electron chi connectivity index (χ0n) is 13.3. The SMILES string of the molecule is CNC(C)Cc1noc(C(C)(C)c2ccccc2C)n1.Cl. The first-order valence-corrected chi connectivity index (χ1v) is 7.01. The molecule has 0 saturated heterocycles. The van der Waals surface area contributed by atoms with Gasteiger partial charge in [0.15, 0.2) is 5.82 Å². The number of nitrogens with one attached hydrogen (secondary N) is 1. The highest BCUT2D eigenvalue weighted by molar-refractivity contribution is 5.85. The van der Waals surface area contributed by atoms with Gasteiger partial charge >= 0.3 is 0 Å². The van der Waals surface area contributed by atoms with Gasteiger partial charge in [-0.2, -0.15) is 4.98 Å². The first kappa shape index (κ1) is 17.7. The minimum atomic E-state index is -0.278. The van der Waals surface area contributed by atoms with Crippen molar-refractivity contribution >= 4 is 12.4 Å². The van der Waals surface area contributed by atoms with Gasteiger partial charge in [0.2, 0.25) is 5.89 Å². The van der Waals surface area contributed by atoms with Gasteiger partial charge in [0.05, 0.1) is 5.41 Å². The van der Waals surface area contributed by atoms with Crippen LogP contribution >= 0.6 is 12.4 Å². The summed E-state index contributed by atoms with van der Waals surface area (Å²) >= 11 is 0. The van der Waals surface area contributed by atoms with Gasteiger partial charge in [-0.1, -0.05) is 29.4 Å². The van der Waals surface area contributed by atoms with Gasteiger partial charge < -0.3 is 9.84 Å². The van der Waals surface area contributed by atoms with Crippen LogP contribution in [0.2, 0.25) is 0 Å². The molecule has 0 aliphatic carbocycles. The molecule has 1 aromatic heterocycles. The Labute approximate surface area is 132 Å². The summed E-state index contributed by atoms with van der Waals surface area (Å²) in [5.41, 5.74) is 2.18. The molecule has 0 bridgehead atoms. The van der Waals surface area contributed by atoms with Crippen LogP contribution in [0.25, 0.3) is 0 Å². The summed E-state index contributed by atoms with van der Waals surface area (Å²) in [6, 6.07) is 8.65. The molecular weight excluding hydrogens is 286 g/mol. The molecule has 0 amide bonds. The Morgan fingerprint density at radius 1 is 1.29 bits per heavy atom. The molecule has 4 nitrogen and oxygen atoms in total. The smallest absolute Gasteiger partial charge is 0.236 e. The summed E-state index contributed by atoms with van der Waals surface area (Å²) in [5, 5.41) is 7.28. The van der Waals surface area contributed by atoms with Crippen LogP contribution in [0.15, 0.2) is 28.8 Å². The lowest BCUT2D eigenvalue weighted by Gasteiger charge is -2.22. The van der Waals surface area contributed by atoms with E-state index in [4.69, 9.17) is 4.52 Å². The molecule has 1 aromatic carbocycles. The van der Waals surface area contributed by atoms with E-state index in [1.54, 1.807) is 0 Å². The normalized spacial score (nSPS) is 12.8. The minimum Gasteiger partial charge on any atom is -0.338 e. The molecule has 0 saturated carbocycles. The van der Waals surface area contributed by atoms with Crippen molar-refractivity contribution in [2.75, 3.05) is 7.05 Å². The number of nitrogens with zero attached hydrogens (tertiary/aromatic N) is 2. The Bertz CT molecular complexity index is 580. The van der Waals surface area contributed by atoms with Crippen molar-refractivity contribution in [1.29, 1.82) is 0 Å². The van der Waals surface area contributed by atoms with Crippen LogP contribution in [-0.4, -0.2) is 23.2 Å². The number of likely N-dealkylation sites (N-methyl/N-ethyl adjacent to an activating group) is 1. The summed E-state index contributed by atoms with van der Waals surface area (Å²) in [6.45, 7) is 8.45. The molecule has 2 aromatic rings. The van der Waals surface area contributed by atoms with Crippen LogP contribution in [0.1, 0.15) is 43.6 Å². The molecule has 21 heavy (non-hydrogen) atoms. The third-order valence-corrected chi connectivity index (χ3v) is 3.80. The van der Waals surface area contributed by atoms with Crippen LogP contribution in [-0.2, 0) is 11.8 Å². The van der Waals surface area contributed by atoms with Crippen molar-refractivity contribution in [2.45, 2.75) is 45.6 Å². The van der Waals surface area contributed by atoms with E-state index in [0.29, 0.717) is 11.9 Å². The zero-order chi connectivity index (χ0) is 14.8. The van der Waals surface area contributed by atoms with Crippen molar-refractivity contribution < 1.29 is 4.52 Å². The second-order valence-electron chi connectivity index (χ2n) is 5.85. The van der Waals surface area contributed by atoms with Crippen molar-refractivity contribution in [3.05, 3.63) is 47.1 Å². The highest BCUT2D eigenvalue weighted by Gasteiger charge is 2.31. The fraction of sp³-hybridized carbons (Fsp3) is 0.500. The molecule has 2 rings (SSSR count). The fourth-order valence-corrected chi connectivity index (χ4v) is 2.36. The van der Waals surface area contributed by atoms with E-state index in [1.807, 2.05) is 19.2 Å². The Hall–Kier alpha value is -1.39. The van der Waals surface area contributed by atoms with Crippen molar-refractivity contribution in [3.63, 3.8) is 0 Å². The van der Waals surface area contributed by atoms with Crippen molar-refractivity contribution in [3.8, 4) is 0 Å². The number of rotatable bonds is 5. The maximum absolute atomic E-state index is 5.50. The first-order valence-electron chi connectivity index (χ1n) is 7.01. The van der Waals surface area contributed by atoms with Crippen LogP contribution in [0.4, 0.5) is 0 Å². The first-order chi connectivity index (χ1) is 9.45. The molecule has 5 heteroatoms. The van der Waals surface area contributed by atoms with Crippen molar-refractivity contribution in [2.24, 2.45) is 0 Å². The van der Waals surface area contributed by atoms with Crippen molar-refractivity contribution in [1.82, 2.24) is 15.5 Å². The number of hydrogen-bond acceptors (Lipinski definition) is 4. The molecule has 0 radical (unpaired) electrons. The monoisotopic (exact) mass is 309 g/mol. The highest BCUT2D eigenvalue weighted by Crippen LogP contribution is 2.32. The lowest BCUT2D eigenvalue weighted by Crippen LogP contribution is -2.24. The maximum atomic E-state index is 5.50. The van der Waals surface area contributed by atoms with Gasteiger partial charge in [-0.25, -0.2) is 0 Å². The number of aryl methyl sites for hydroxylation is 1. The third kappa shape index (κ3) is 3.83. The van der Waals surface area contributed by atoms with Crippen LogP contribution < -0.4 is 5.32 Å². The number of benzene rings is 1. The molecule has 0 aliphatic heterocycles. The van der Waals surface area contributed by atoms with E-state index < -0.39 is 0 Å². The molecule has 1 atom stereocenters. The van der Waals surface area contributed by atoms with Crippen LogP contribution in [0.3, 0.4) is 0 Å². The maximum Gasteiger partial charge on any atom is 0.236 e. The fourth-order valence-electron chi connectivity index (χ4n) is 2.36. The molecule has 1 unspecified atom stereocenters. The molecule has 0 fully saturated rings. The van der Waals surface area contributed by atoms with E-state index >= 15 is 0 Å². The molecular formula is C16H24ClN3O. The number of hydrogen-bond donors (Lipinski definition) is 1. The molecule has 0 aliphatic rings. The Morgan fingerprint density at radius 3 is 2.57 bits per heavy atom. The molecule has 1 heterocycles. The predicted molar refractivity (Wildman–Crippen MR) is 87.1 cm³/mol. The predicted octanol–water partition coefficient (Wildman–Crippen LogP) is 3.28. The van der Waals surface area contributed by atoms with Gasteiger partial charge in [0, 0.05) is 12.5 Å². The summed E-state index contributed by atoms with van der Waals surface area (Å²) in [4.78, 5) is 4.57. The standard InChI is InChI=1S/C16H23N3O.ClH/c1-11-8-6-7-9-13(11)16(3,4)15-18-14(19-20-15)10-12(2)17-5;/h6-9,12,17H,10H2,1-5H3;1H. The average molecular weight is 310 g/mol. The largest absolute Gasteiger partial charge is 0.338 e. The van der Waals surface area contributed by atoms with Gasteiger partial charge in [-0.15, -0.1) is 12.4 Å². The molecule has 116 valence electrons. The van der Waals surface area contributed by atoms with E-state index in [-0.39, 0.29) is 17.8 Å². The van der Waals surface area contributed by atoms with Gasteiger partial charge in [0.1, 0.15) is 0 Å². The summed E-state index contributed by atoms with van der Waals surface area (Å²) in [6.07, 6.45) is 0.768. The summed E-state index contributed by atoms with van der Waals surface area (Å²) in [5.74, 6) is 1.42. The highest BCUT2D eigenvalue weighted by atomic mass is 35.5. The lowest BCUT2D eigenvalue weighted by molar-refractivity contribution is 0.328. The minimum absolute atomic E-state index is 0. The average Bonchev–Trinajstić information content (AvgIpc) is 2.88. The molecule has 1 N–H and O–H groups in total. The quantitative estimate of drug-likeness (QED) is 0.921. The number of aromatic nitrogens is 2. The second-order valence-corrected chi connectivity index (χ2v) is 5.85. The Morgan fingerprint density at radius 2 is 1.95 bits per heavy atom. The zero-order valence-corrected chi connectivity index (χ0v) is 14.1. The van der Waals surface area contributed by atoms with Gasteiger partial charge in [0.25, 0.3) is 0 Å². The van der Waals surface area contributed by atoms with Gasteiger partial charge in [-0.3, -0.25) is 0 Å². The van der Waals surface area contributed by atoms with E-state index in [1.165, 1.54) is 11.1 Å². The summed E-state index contributed by atoms with van der Waals surface area (Å²) < 4.78 is 5.50. The van der Waals surface area contributed by atoms with E-state index in [0.717, 1.165) is 12.2 Å². The van der Waals surface area contributed by atoms with E-state index in [9.17, 15) is 0 Å². The van der Waals surface area contributed by atoms with Gasteiger partial charge in [-0.05, 0) is 45.9 Å². The molecule has 0 spiro atoms. The Balaban J connectivity index is 0.00000220. The summed E-state index contributed by atoms with van der Waals surface area (Å²) in [7, 11) is 1.93. The number of halogens is 1.